The smallest absolute Gasteiger partial charge is 0.125 e. The Bertz CT molecular complexity index is 795. The number of rotatable bonds is 3. The molecule has 4 heteroatoms. The largest absolute Gasteiger partial charge is 0.323 e. The molecule has 1 fully saturated rings. The number of hydrogen-bond donors (Lipinski definition) is 0. The van der Waals surface area contributed by atoms with Gasteiger partial charge in [0.05, 0.1) is 16.4 Å². The lowest BCUT2D eigenvalue weighted by Gasteiger charge is -2.07. The molecule has 1 heterocycles. The summed E-state index contributed by atoms with van der Waals surface area (Å²) < 4.78 is 2.27. The molecule has 0 amide bonds. The minimum atomic E-state index is 0.406. The lowest BCUT2D eigenvalue weighted by Crippen LogP contribution is -2.01. The third kappa shape index (κ3) is 2.14. The fraction of sp³-hybridized carbons (Fsp3) is 0.235. The average molecular weight is 317 g/mol. The molecule has 3 aromatic rings. The summed E-state index contributed by atoms with van der Waals surface area (Å²) in [6.07, 6.45) is 1.13. The highest BCUT2D eigenvalue weighted by Crippen LogP contribution is 2.53. The molecule has 2 aromatic carbocycles. The van der Waals surface area contributed by atoms with Crippen LogP contribution in [0.5, 0.6) is 0 Å². The zero-order valence-electron chi connectivity index (χ0n) is 11.3. The van der Waals surface area contributed by atoms with E-state index in [1.807, 2.05) is 12.1 Å². The number of nitrogens with zero attached hydrogens (tertiary/aromatic N) is 2. The van der Waals surface area contributed by atoms with E-state index in [4.69, 9.17) is 23.2 Å². The zero-order chi connectivity index (χ0) is 14.4. The van der Waals surface area contributed by atoms with Crippen molar-refractivity contribution < 1.29 is 0 Å². The van der Waals surface area contributed by atoms with Crippen LogP contribution in [0.4, 0.5) is 0 Å². The van der Waals surface area contributed by atoms with Gasteiger partial charge in [0.2, 0.25) is 0 Å². The molecule has 1 aliphatic carbocycles. The van der Waals surface area contributed by atoms with E-state index in [0.29, 0.717) is 22.9 Å². The van der Waals surface area contributed by atoms with Crippen LogP contribution in [0.15, 0.2) is 48.5 Å². The monoisotopic (exact) mass is 316 g/mol. The van der Waals surface area contributed by atoms with E-state index in [1.165, 1.54) is 5.56 Å². The molecule has 0 aliphatic heterocycles. The van der Waals surface area contributed by atoms with Gasteiger partial charge in [-0.05, 0) is 24.1 Å². The van der Waals surface area contributed by atoms with Gasteiger partial charge in [0.15, 0.2) is 0 Å². The van der Waals surface area contributed by atoms with Crippen LogP contribution in [-0.4, -0.2) is 9.55 Å². The molecule has 1 aromatic heterocycles. The van der Waals surface area contributed by atoms with E-state index in [-0.39, 0.29) is 0 Å². The zero-order valence-corrected chi connectivity index (χ0v) is 12.8. The van der Waals surface area contributed by atoms with Crippen molar-refractivity contribution in [3.05, 3.63) is 64.9 Å². The first-order valence-corrected chi connectivity index (χ1v) is 7.97. The lowest BCUT2D eigenvalue weighted by molar-refractivity contribution is 0.706. The van der Waals surface area contributed by atoms with Crippen molar-refractivity contribution in [2.75, 3.05) is 0 Å². The molecule has 0 saturated heterocycles. The van der Waals surface area contributed by atoms with E-state index in [9.17, 15) is 0 Å². The normalized spacial score (nSPS) is 20.9. The molecule has 4 rings (SSSR count). The van der Waals surface area contributed by atoms with E-state index in [0.717, 1.165) is 23.3 Å². The Morgan fingerprint density at radius 1 is 1.10 bits per heavy atom. The lowest BCUT2D eigenvalue weighted by atomic mass is 10.1. The quantitative estimate of drug-likeness (QED) is 0.610. The van der Waals surface area contributed by atoms with Crippen LogP contribution in [0, 0.1) is 0 Å². The van der Waals surface area contributed by atoms with Crippen molar-refractivity contribution >= 4 is 34.2 Å². The maximum atomic E-state index is 6.26. The molecule has 2 nitrogen and oxygen atoms in total. The van der Waals surface area contributed by atoms with Crippen molar-refractivity contribution in [2.45, 2.75) is 24.3 Å². The molecule has 21 heavy (non-hydrogen) atoms. The van der Waals surface area contributed by atoms with Crippen LogP contribution in [0.2, 0.25) is 5.02 Å². The molecule has 1 saturated carbocycles. The Balaban J connectivity index is 1.79. The van der Waals surface area contributed by atoms with Gasteiger partial charge < -0.3 is 4.57 Å². The highest BCUT2D eigenvalue weighted by atomic mass is 35.5. The summed E-state index contributed by atoms with van der Waals surface area (Å²) in [6.45, 7) is 0. The number of imidazole rings is 1. The van der Waals surface area contributed by atoms with E-state index in [1.54, 1.807) is 0 Å². The van der Waals surface area contributed by atoms with Crippen molar-refractivity contribution in [2.24, 2.45) is 0 Å². The summed E-state index contributed by atoms with van der Waals surface area (Å²) >= 11 is 12.4. The fourth-order valence-corrected chi connectivity index (χ4v) is 3.52. The summed E-state index contributed by atoms with van der Waals surface area (Å²) in [6, 6.07) is 17.0. The van der Waals surface area contributed by atoms with Gasteiger partial charge in [0.25, 0.3) is 0 Å². The molecule has 0 spiro atoms. The van der Waals surface area contributed by atoms with Gasteiger partial charge in [-0.1, -0.05) is 48.0 Å². The molecular formula is C17H14Cl2N2. The van der Waals surface area contributed by atoms with Crippen molar-refractivity contribution in [1.82, 2.24) is 9.55 Å². The van der Waals surface area contributed by atoms with Gasteiger partial charge in [-0.15, -0.1) is 11.6 Å². The van der Waals surface area contributed by atoms with Crippen molar-refractivity contribution in [1.29, 1.82) is 0 Å². The van der Waals surface area contributed by atoms with E-state index in [2.05, 4.69) is 45.9 Å². The molecule has 106 valence electrons. The Morgan fingerprint density at radius 2 is 1.90 bits per heavy atom. The second kappa shape index (κ2) is 5.04. The topological polar surface area (TPSA) is 17.8 Å². The second-order valence-corrected chi connectivity index (χ2v) is 6.13. The first-order chi connectivity index (χ1) is 10.3. The van der Waals surface area contributed by atoms with Gasteiger partial charge >= 0.3 is 0 Å². The molecule has 0 bridgehead atoms. The molecule has 2 atom stereocenters. The number of alkyl halides is 1. The van der Waals surface area contributed by atoms with Crippen LogP contribution >= 0.6 is 23.2 Å². The number of fused-ring (bicyclic) bond motifs is 1. The van der Waals surface area contributed by atoms with Crippen LogP contribution < -0.4 is 0 Å². The Morgan fingerprint density at radius 3 is 2.67 bits per heavy atom. The van der Waals surface area contributed by atoms with Crippen LogP contribution in [0.25, 0.3) is 11.0 Å². The minimum Gasteiger partial charge on any atom is -0.323 e. The highest BCUT2D eigenvalue weighted by molar-refractivity contribution is 6.35. The van der Waals surface area contributed by atoms with E-state index >= 15 is 0 Å². The minimum absolute atomic E-state index is 0.406. The Hall–Kier alpha value is -1.51. The van der Waals surface area contributed by atoms with Gasteiger partial charge in [0.1, 0.15) is 11.3 Å². The van der Waals surface area contributed by atoms with Crippen LogP contribution in [0.1, 0.15) is 29.8 Å². The Labute approximate surface area is 133 Å². The van der Waals surface area contributed by atoms with Crippen molar-refractivity contribution in [3.63, 3.8) is 0 Å². The Kier molecular flexibility index (Phi) is 3.16. The average Bonchev–Trinajstić information content (AvgIpc) is 3.21. The molecular weight excluding hydrogens is 303 g/mol. The van der Waals surface area contributed by atoms with Crippen LogP contribution in [0.3, 0.4) is 0 Å². The number of hydrogen-bond acceptors (Lipinski definition) is 1. The third-order valence-electron chi connectivity index (χ3n) is 4.18. The standard InChI is InChI=1S/C17H14Cl2N2/c18-10-16-20-17-13(19)7-4-8-14(17)21(16)15-9-12(15)11-5-2-1-3-6-11/h1-8,12,15H,9-10H2. The van der Waals surface area contributed by atoms with Gasteiger partial charge in [-0.25, -0.2) is 4.98 Å². The number of aromatic nitrogens is 2. The van der Waals surface area contributed by atoms with Gasteiger partial charge in [0, 0.05) is 12.0 Å². The second-order valence-electron chi connectivity index (χ2n) is 5.46. The maximum Gasteiger partial charge on any atom is 0.125 e. The molecule has 2 unspecified atom stereocenters. The maximum absolute atomic E-state index is 6.26. The number of benzene rings is 2. The SMILES string of the molecule is ClCc1nc2c(Cl)cccc2n1C1CC1c1ccccc1. The van der Waals surface area contributed by atoms with Gasteiger partial charge in [-0.3, -0.25) is 0 Å². The predicted molar refractivity (Wildman–Crippen MR) is 87.1 cm³/mol. The van der Waals surface area contributed by atoms with Gasteiger partial charge in [-0.2, -0.15) is 0 Å². The fourth-order valence-electron chi connectivity index (χ4n) is 3.12. The summed E-state index contributed by atoms with van der Waals surface area (Å²) in [4.78, 5) is 4.62. The molecule has 0 radical (unpaired) electrons. The summed E-state index contributed by atoms with van der Waals surface area (Å²) in [5.41, 5.74) is 3.32. The van der Waals surface area contributed by atoms with E-state index < -0.39 is 0 Å². The summed E-state index contributed by atoms with van der Waals surface area (Å²) in [5, 5.41) is 0.689. The molecule has 1 aliphatic rings. The number of para-hydroxylation sites is 1. The third-order valence-corrected chi connectivity index (χ3v) is 4.72. The first kappa shape index (κ1) is 13.2. The summed E-state index contributed by atoms with van der Waals surface area (Å²) in [5.74, 6) is 1.86. The number of halogens is 2. The summed E-state index contributed by atoms with van der Waals surface area (Å²) in [7, 11) is 0. The first-order valence-electron chi connectivity index (χ1n) is 7.06. The molecule has 0 N–H and O–H groups in total. The van der Waals surface area contributed by atoms with Crippen molar-refractivity contribution in [3.8, 4) is 0 Å². The highest BCUT2D eigenvalue weighted by Gasteiger charge is 2.41. The van der Waals surface area contributed by atoms with Crippen LogP contribution in [-0.2, 0) is 5.88 Å². The predicted octanol–water partition coefficient (Wildman–Crippen LogP) is 5.16.